The van der Waals surface area contributed by atoms with Crippen molar-refractivity contribution in [1.29, 1.82) is 0 Å². The summed E-state index contributed by atoms with van der Waals surface area (Å²) in [5.74, 6) is -1.97. The van der Waals surface area contributed by atoms with Gasteiger partial charge in [0.1, 0.15) is 17.3 Å². The van der Waals surface area contributed by atoms with Crippen molar-refractivity contribution in [2.24, 2.45) is 0 Å². The van der Waals surface area contributed by atoms with Gasteiger partial charge in [0.2, 0.25) is 0 Å². The molecule has 1 aliphatic heterocycles. The number of benzene rings is 4. The molecular weight excluding hydrogens is 660 g/mol. The van der Waals surface area contributed by atoms with Crippen LogP contribution < -0.4 is 9.47 Å². The third-order valence-corrected chi connectivity index (χ3v) is 8.35. The molecule has 6 nitrogen and oxygen atoms in total. The first kappa shape index (κ1) is 37.5. The van der Waals surface area contributed by atoms with Crippen LogP contribution in [0.25, 0.3) is 10.8 Å². The van der Waals surface area contributed by atoms with Gasteiger partial charge in [-0.05, 0) is 116 Å². The molecule has 0 bridgehead atoms. The zero-order valence-corrected chi connectivity index (χ0v) is 27.3. The molecule has 49 heavy (non-hydrogen) atoms. The van der Waals surface area contributed by atoms with Gasteiger partial charge in [-0.2, -0.15) is 0 Å². The molecule has 0 aromatic heterocycles. The van der Waals surface area contributed by atoms with Crippen molar-refractivity contribution < 1.29 is 59.4 Å². The Morgan fingerprint density at radius 1 is 0.776 bits per heavy atom. The summed E-state index contributed by atoms with van der Waals surface area (Å²) >= 11 is 0. The van der Waals surface area contributed by atoms with Crippen LogP contribution in [0.5, 0.6) is 11.5 Å². The van der Waals surface area contributed by atoms with E-state index >= 15 is 0 Å². The normalized spacial score (nSPS) is 15.5. The van der Waals surface area contributed by atoms with Crippen LogP contribution in [0.3, 0.4) is 0 Å². The van der Waals surface area contributed by atoms with E-state index in [0.717, 1.165) is 16.7 Å². The summed E-state index contributed by atoms with van der Waals surface area (Å²) in [6.07, 6.45) is -8.83. The Labute approximate surface area is 278 Å². The fraction of sp³-hybridized carbons (Fsp3) is 0.343. The van der Waals surface area contributed by atoms with Crippen molar-refractivity contribution in [2.45, 2.75) is 77.7 Å². The molecule has 1 N–H and O–H groups in total. The maximum Gasteiger partial charge on any atom is 0.573 e. The zero-order chi connectivity index (χ0) is 36.4. The van der Waals surface area contributed by atoms with Crippen molar-refractivity contribution in [2.75, 3.05) is 0 Å². The van der Waals surface area contributed by atoms with E-state index in [9.17, 15) is 35.5 Å². The molecule has 1 fully saturated rings. The predicted octanol–water partition coefficient (Wildman–Crippen LogP) is 9.16. The number of hydrogen-bond donors (Lipinski definition) is 1. The summed E-state index contributed by atoms with van der Waals surface area (Å²) in [6, 6.07) is 17.1. The number of carboxylic acids is 1. The number of ether oxygens (including phenoxy) is 2. The Morgan fingerprint density at radius 2 is 1.27 bits per heavy atom. The van der Waals surface area contributed by atoms with Crippen molar-refractivity contribution in [3.05, 3.63) is 106 Å². The van der Waals surface area contributed by atoms with E-state index in [1.54, 1.807) is 31.2 Å². The van der Waals surface area contributed by atoms with Crippen LogP contribution >= 0.6 is 0 Å². The summed E-state index contributed by atoms with van der Waals surface area (Å²) in [5.41, 5.74) is 2.74. The van der Waals surface area contributed by atoms with Gasteiger partial charge < -0.3 is 23.9 Å². The Balaban J connectivity index is 0.000000230. The van der Waals surface area contributed by atoms with E-state index in [2.05, 4.69) is 9.47 Å². The summed E-state index contributed by atoms with van der Waals surface area (Å²) in [5, 5.41) is 10.5. The highest BCUT2D eigenvalue weighted by atomic mass is 19.4. The SMILES string of the molecule is CC1(C)OB(Cc2ccc(OC(F)(F)F)cc2)OC1(C)C.Cc1c(CC(=O)O)cc2ccc(F)cc2c1Cc1ccc(OC(F)(F)F)cc1. The smallest absolute Gasteiger partial charge is 0.481 e. The molecule has 0 unspecified atom stereocenters. The third-order valence-electron chi connectivity index (χ3n) is 8.35. The van der Waals surface area contributed by atoms with E-state index in [1.165, 1.54) is 48.5 Å². The molecule has 0 spiro atoms. The van der Waals surface area contributed by atoms with Gasteiger partial charge in [0.25, 0.3) is 0 Å². The predicted molar refractivity (Wildman–Crippen MR) is 169 cm³/mol. The summed E-state index contributed by atoms with van der Waals surface area (Å²) < 4.78 is 106. The molecule has 1 aliphatic rings. The van der Waals surface area contributed by atoms with Crippen LogP contribution in [0, 0.1) is 12.7 Å². The van der Waals surface area contributed by atoms with Gasteiger partial charge in [-0.1, -0.05) is 36.4 Å². The largest absolute Gasteiger partial charge is 0.573 e. The molecule has 5 rings (SSSR count). The highest BCUT2D eigenvalue weighted by Gasteiger charge is 2.50. The first-order chi connectivity index (χ1) is 22.6. The van der Waals surface area contributed by atoms with E-state index in [0.29, 0.717) is 34.6 Å². The first-order valence-electron chi connectivity index (χ1n) is 15.1. The molecule has 0 radical (unpaired) electrons. The molecule has 1 heterocycles. The van der Waals surface area contributed by atoms with Crippen molar-refractivity contribution >= 4 is 23.9 Å². The van der Waals surface area contributed by atoms with Crippen LogP contribution in [-0.2, 0) is 33.3 Å². The van der Waals surface area contributed by atoms with E-state index in [1.807, 2.05) is 27.7 Å². The minimum Gasteiger partial charge on any atom is -0.481 e. The molecule has 0 aliphatic carbocycles. The number of fused-ring (bicyclic) bond motifs is 1. The monoisotopic (exact) mass is 694 g/mol. The van der Waals surface area contributed by atoms with Gasteiger partial charge in [0.15, 0.2) is 0 Å². The lowest BCUT2D eigenvalue weighted by atomic mass is 9.81. The standard InChI is InChI=1S/C21H16F4O3.C14H18BF3O3/c1-12-15(10-20(26)27)9-14-4-5-16(22)11-19(14)18(12)8-13-2-6-17(7-3-13)28-21(23,24)25;1-12(2)13(3,4)21-15(20-12)9-10-5-7-11(8-6-10)19-14(16,17)18/h2-7,9,11H,8,10H2,1H3,(H,26,27);5-8H,9H2,1-4H3. The number of carboxylic acid groups (broad SMARTS) is 1. The average molecular weight is 694 g/mol. The highest BCUT2D eigenvalue weighted by Crippen LogP contribution is 2.37. The number of hydrogen-bond acceptors (Lipinski definition) is 5. The van der Waals surface area contributed by atoms with Gasteiger partial charge in [0.05, 0.1) is 17.6 Å². The highest BCUT2D eigenvalue weighted by molar-refractivity contribution is 6.45. The van der Waals surface area contributed by atoms with Gasteiger partial charge in [0, 0.05) is 6.32 Å². The number of carbonyl (C=O) groups is 1. The lowest BCUT2D eigenvalue weighted by Gasteiger charge is -2.32. The Morgan fingerprint density at radius 3 is 1.73 bits per heavy atom. The maximum atomic E-state index is 13.8. The molecule has 0 atom stereocenters. The second-order valence-corrected chi connectivity index (χ2v) is 12.5. The van der Waals surface area contributed by atoms with Gasteiger partial charge in [-0.25, -0.2) is 4.39 Å². The quantitative estimate of drug-likeness (QED) is 0.147. The van der Waals surface area contributed by atoms with Gasteiger partial charge >= 0.3 is 25.8 Å². The third kappa shape index (κ3) is 10.3. The van der Waals surface area contributed by atoms with E-state index in [4.69, 9.17) is 14.4 Å². The molecule has 14 heteroatoms. The van der Waals surface area contributed by atoms with E-state index in [-0.39, 0.29) is 17.9 Å². The lowest BCUT2D eigenvalue weighted by molar-refractivity contribution is -0.275. The molecule has 0 saturated carbocycles. The fourth-order valence-electron chi connectivity index (χ4n) is 5.26. The Hall–Kier alpha value is -4.30. The van der Waals surface area contributed by atoms with Crippen LogP contribution in [0.1, 0.15) is 55.5 Å². The van der Waals surface area contributed by atoms with Crippen LogP contribution in [0.4, 0.5) is 30.7 Å². The maximum absolute atomic E-state index is 13.8. The van der Waals surface area contributed by atoms with Gasteiger partial charge in [-0.3, -0.25) is 4.79 Å². The lowest BCUT2D eigenvalue weighted by Crippen LogP contribution is -2.41. The molecule has 4 aromatic rings. The number of rotatable bonds is 8. The topological polar surface area (TPSA) is 74.2 Å². The molecule has 4 aromatic carbocycles. The molecule has 1 saturated heterocycles. The first-order valence-corrected chi connectivity index (χ1v) is 15.1. The second kappa shape index (κ2) is 14.3. The zero-order valence-electron chi connectivity index (χ0n) is 27.3. The van der Waals surface area contributed by atoms with Crippen LogP contribution in [0.2, 0.25) is 0 Å². The minimum atomic E-state index is -4.77. The van der Waals surface area contributed by atoms with Crippen molar-refractivity contribution in [3.63, 3.8) is 0 Å². The molecule has 262 valence electrons. The van der Waals surface area contributed by atoms with Crippen molar-refractivity contribution in [3.8, 4) is 11.5 Å². The minimum absolute atomic E-state index is 0.176. The molecular formula is C35H34BF7O6. The fourth-order valence-corrected chi connectivity index (χ4v) is 5.26. The Bertz CT molecular complexity index is 1750. The number of halogens is 7. The Kier molecular flexibility index (Phi) is 10.9. The van der Waals surface area contributed by atoms with E-state index < -0.39 is 42.8 Å². The van der Waals surface area contributed by atoms with Crippen LogP contribution in [-0.4, -0.2) is 42.1 Å². The van der Waals surface area contributed by atoms with Crippen LogP contribution in [0.15, 0.2) is 72.8 Å². The molecule has 0 amide bonds. The second-order valence-electron chi connectivity index (χ2n) is 12.5. The number of alkyl halides is 6. The summed E-state index contributed by atoms with van der Waals surface area (Å²) in [6.45, 7) is 9.57. The summed E-state index contributed by atoms with van der Waals surface area (Å²) in [4.78, 5) is 11.2. The number of aliphatic carboxylic acids is 1. The average Bonchev–Trinajstić information content (AvgIpc) is 3.16. The summed E-state index contributed by atoms with van der Waals surface area (Å²) in [7, 11) is -0.413. The van der Waals surface area contributed by atoms with Gasteiger partial charge in [-0.15, -0.1) is 26.3 Å². The van der Waals surface area contributed by atoms with Crippen molar-refractivity contribution in [1.82, 2.24) is 0 Å².